The van der Waals surface area contributed by atoms with Crippen LogP contribution >= 0.6 is 0 Å². The molecule has 1 aliphatic rings. The van der Waals surface area contributed by atoms with Crippen molar-refractivity contribution in [2.24, 2.45) is 5.92 Å². The fraction of sp³-hybridized carbons (Fsp3) is 0.304. The van der Waals surface area contributed by atoms with Gasteiger partial charge in [-0.3, -0.25) is 20.0 Å². The molecular weight excluding hydrogens is 406 g/mol. The Hall–Kier alpha value is -3.88. The predicted octanol–water partition coefficient (Wildman–Crippen LogP) is 3.49. The molecule has 1 saturated heterocycles. The Morgan fingerprint density at radius 2 is 1.91 bits per heavy atom. The number of carbonyl (C=O) groups excluding carboxylic acids is 2. The van der Waals surface area contributed by atoms with E-state index < -0.39 is 11.8 Å². The van der Waals surface area contributed by atoms with Crippen molar-refractivity contribution in [1.29, 1.82) is 10.8 Å². The minimum Gasteiger partial charge on any atom is -0.339 e. The third-order valence-corrected chi connectivity index (χ3v) is 5.74. The third kappa shape index (κ3) is 4.27. The van der Waals surface area contributed by atoms with Gasteiger partial charge in [0.15, 0.2) is 0 Å². The second kappa shape index (κ2) is 8.70. The van der Waals surface area contributed by atoms with Crippen molar-refractivity contribution in [2.75, 3.05) is 18.4 Å². The van der Waals surface area contributed by atoms with Crippen LogP contribution in [0.1, 0.15) is 37.2 Å². The predicted molar refractivity (Wildman–Crippen MR) is 123 cm³/mol. The van der Waals surface area contributed by atoms with Crippen LogP contribution in [0, 0.1) is 16.7 Å². The molecule has 0 saturated carbocycles. The van der Waals surface area contributed by atoms with Gasteiger partial charge < -0.3 is 20.6 Å². The number of nitrogens with one attached hydrogen (secondary N) is 4. The molecule has 2 amide bonds. The fourth-order valence-corrected chi connectivity index (χ4v) is 3.65. The molecule has 3 aromatic rings. The molecule has 0 aliphatic carbocycles. The molecule has 1 unspecified atom stereocenters. The van der Waals surface area contributed by atoms with Crippen LogP contribution in [0.5, 0.6) is 0 Å². The average Bonchev–Trinajstić information content (AvgIpc) is 3.47. The largest absolute Gasteiger partial charge is 0.339 e. The number of pyridine rings is 2. The van der Waals surface area contributed by atoms with Crippen molar-refractivity contribution < 1.29 is 9.59 Å². The number of aromatic nitrogens is 3. The molecule has 164 valence electrons. The number of rotatable bonds is 6. The Morgan fingerprint density at radius 1 is 1.16 bits per heavy atom. The molecule has 9 nitrogen and oxygen atoms in total. The second-order valence-corrected chi connectivity index (χ2v) is 8.05. The van der Waals surface area contributed by atoms with E-state index in [0.717, 1.165) is 42.6 Å². The summed E-state index contributed by atoms with van der Waals surface area (Å²) in [5.74, 6) is -1.16. The van der Waals surface area contributed by atoms with Crippen LogP contribution in [0.4, 0.5) is 5.69 Å². The molecule has 1 fully saturated rings. The average molecular weight is 432 g/mol. The highest BCUT2D eigenvalue weighted by atomic mass is 16.2. The van der Waals surface area contributed by atoms with Crippen LogP contribution in [0.15, 0.2) is 36.7 Å². The number of aromatic amines is 1. The summed E-state index contributed by atoms with van der Waals surface area (Å²) < 4.78 is 0. The fourth-order valence-electron chi connectivity index (χ4n) is 3.65. The van der Waals surface area contributed by atoms with E-state index in [2.05, 4.69) is 20.3 Å². The first-order chi connectivity index (χ1) is 15.3. The molecule has 0 aromatic carbocycles. The van der Waals surface area contributed by atoms with Crippen molar-refractivity contribution in [3.05, 3.63) is 42.4 Å². The lowest BCUT2D eigenvalue weighted by Gasteiger charge is -2.14. The van der Waals surface area contributed by atoms with E-state index in [-0.39, 0.29) is 17.3 Å². The third-order valence-electron chi connectivity index (χ3n) is 5.74. The zero-order valence-electron chi connectivity index (χ0n) is 18.0. The number of carbonyl (C=O) groups is 2. The van der Waals surface area contributed by atoms with Gasteiger partial charge in [-0.2, -0.15) is 0 Å². The number of amides is 2. The zero-order chi connectivity index (χ0) is 22.8. The van der Waals surface area contributed by atoms with E-state index in [9.17, 15) is 9.59 Å². The molecule has 4 N–H and O–H groups in total. The highest BCUT2D eigenvalue weighted by Crippen LogP contribution is 2.26. The molecule has 4 rings (SSSR count). The van der Waals surface area contributed by atoms with Crippen LogP contribution in [0.25, 0.3) is 22.3 Å². The summed E-state index contributed by atoms with van der Waals surface area (Å²) in [6, 6.07) is 7.27. The molecule has 0 spiro atoms. The highest BCUT2D eigenvalue weighted by molar-refractivity contribution is 6.45. The SMILES string of the molecule is CC(=N)C(C)C(=N)C(=O)Nc1cnc2[nH]c(-c3ccnc(C(=O)N4CCCC4)c3)cc2c1. The Morgan fingerprint density at radius 3 is 2.62 bits per heavy atom. The molecule has 1 aliphatic heterocycles. The maximum absolute atomic E-state index is 12.7. The van der Waals surface area contributed by atoms with Crippen molar-refractivity contribution in [1.82, 2.24) is 19.9 Å². The van der Waals surface area contributed by atoms with Gasteiger partial charge in [-0.1, -0.05) is 6.92 Å². The monoisotopic (exact) mass is 431 g/mol. The molecule has 3 aromatic heterocycles. The quantitative estimate of drug-likeness (QED) is 0.444. The summed E-state index contributed by atoms with van der Waals surface area (Å²) in [6.45, 7) is 4.77. The normalized spacial score (nSPS) is 14.4. The number of likely N-dealkylation sites (tertiary alicyclic amines) is 1. The van der Waals surface area contributed by atoms with Crippen LogP contribution < -0.4 is 5.32 Å². The first kappa shape index (κ1) is 21.4. The van der Waals surface area contributed by atoms with Gasteiger partial charge in [-0.25, -0.2) is 4.98 Å². The van der Waals surface area contributed by atoms with E-state index in [0.29, 0.717) is 17.0 Å². The minimum atomic E-state index is -0.555. The van der Waals surface area contributed by atoms with Crippen LogP contribution in [0.3, 0.4) is 0 Å². The molecule has 1 atom stereocenters. The van der Waals surface area contributed by atoms with Gasteiger partial charge in [0.1, 0.15) is 17.1 Å². The smallest absolute Gasteiger partial charge is 0.272 e. The Labute approximate surface area is 185 Å². The van der Waals surface area contributed by atoms with E-state index in [1.165, 1.54) is 6.20 Å². The first-order valence-electron chi connectivity index (χ1n) is 10.5. The summed E-state index contributed by atoms with van der Waals surface area (Å²) in [5.41, 5.74) is 3.22. The van der Waals surface area contributed by atoms with Gasteiger partial charge in [0.2, 0.25) is 0 Å². The number of hydrogen-bond acceptors (Lipinski definition) is 6. The van der Waals surface area contributed by atoms with Crippen molar-refractivity contribution >= 4 is 40.0 Å². The maximum Gasteiger partial charge on any atom is 0.272 e. The minimum absolute atomic E-state index is 0.0552. The highest BCUT2D eigenvalue weighted by Gasteiger charge is 2.21. The van der Waals surface area contributed by atoms with Crippen LogP contribution in [0.2, 0.25) is 0 Å². The van der Waals surface area contributed by atoms with Gasteiger partial charge in [0, 0.05) is 47.6 Å². The summed E-state index contributed by atoms with van der Waals surface area (Å²) in [6.07, 6.45) is 5.20. The van der Waals surface area contributed by atoms with E-state index in [1.807, 2.05) is 17.0 Å². The molecule has 0 radical (unpaired) electrons. The number of H-pyrrole nitrogens is 1. The topological polar surface area (TPSA) is 139 Å². The molecular formula is C23H25N7O2. The van der Waals surface area contributed by atoms with Gasteiger partial charge in [0.05, 0.1) is 11.9 Å². The van der Waals surface area contributed by atoms with Gasteiger partial charge in [-0.05, 0) is 44.0 Å². The summed E-state index contributed by atoms with van der Waals surface area (Å²) >= 11 is 0. The van der Waals surface area contributed by atoms with E-state index >= 15 is 0 Å². The number of fused-ring (bicyclic) bond motifs is 1. The molecule has 32 heavy (non-hydrogen) atoms. The number of anilines is 1. The van der Waals surface area contributed by atoms with Crippen molar-refractivity contribution in [3.8, 4) is 11.3 Å². The number of hydrogen-bond donors (Lipinski definition) is 4. The second-order valence-electron chi connectivity index (χ2n) is 8.05. The first-order valence-corrected chi connectivity index (χ1v) is 10.5. The maximum atomic E-state index is 12.7. The molecule has 9 heteroatoms. The van der Waals surface area contributed by atoms with Gasteiger partial charge in [0.25, 0.3) is 11.8 Å². The lowest BCUT2D eigenvalue weighted by atomic mass is 10.0. The van der Waals surface area contributed by atoms with Gasteiger partial charge >= 0.3 is 0 Å². The Bertz CT molecular complexity index is 1220. The van der Waals surface area contributed by atoms with E-state index in [1.54, 1.807) is 32.2 Å². The summed E-state index contributed by atoms with van der Waals surface area (Å²) in [7, 11) is 0. The van der Waals surface area contributed by atoms with Gasteiger partial charge in [-0.15, -0.1) is 0 Å². The van der Waals surface area contributed by atoms with Crippen molar-refractivity contribution in [3.63, 3.8) is 0 Å². The molecule has 4 heterocycles. The molecule has 0 bridgehead atoms. The zero-order valence-corrected chi connectivity index (χ0v) is 18.0. The Kier molecular flexibility index (Phi) is 5.81. The number of nitrogens with zero attached hydrogens (tertiary/aromatic N) is 3. The van der Waals surface area contributed by atoms with E-state index in [4.69, 9.17) is 10.8 Å². The lowest BCUT2D eigenvalue weighted by Crippen LogP contribution is -2.30. The lowest BCUT2D eigenvalue weighted by molar-refractivity contribution is -0.110. The van der Waals surface area contributed by atoms with Crippen molar-refractivity contribution in [2.45, 2.75) is 26.7 Å². The Balaban J connectivity index is 1.55. The van der Waals surface area contributed by atoms with Crippen LogP contribution in [-0.2, 0) is 4.79 Å². The standard InChI is InChI=1S/C23H25N7O2/c1-13(14(2)24)20(25)22(31)28-17-9-16-11-18(29-21(16)27-12-17)15-5-6-26-19(10-15)23(32)30-7-3-4-8-30/h5-6,9-13,24-25H,3-4,7-8H2,1-2H3,(H,27,29)(H,28,31). The summed E-state index contributed by atoms with van der Waals surface area (Å²) in [4.78, 5) is 38.7. The van der Waals surface area contributed by atoms with Crippen LogP contribution in [-0.4, -0.2) is 56.2 Å². The summed E-state index contributed by atoms with van der Waals surface area (Å²) in [5, 5.41) is 19.0.